The first-order chi connectivity index (χ1) is 22.6. The number of benzene rings is 2. The van der Waals surface area contributed by atoms with E-state index in [4.69, 9.17) is 23.9 Å². The average Bonchev–Trinajstić information content (AvgIpc) is 3.84. The normalized spacial score (nSPS) is 22.5. The van der Waals surface area contributed by atoms with Gasteiger partial charge in [-0.25, -0.2) is 18.3 Å². The van der Waals surface area contributed by atoms with Gasteiger partial charge in [0.25, 0.3) is 15.9 Å². The average molecular weight is 677 g/mol. The molecule has 258 valence electrons. The second kappa shape index (κ2) is 16.2. The number of amides is 2. The van der Waals surface area contributed by atoms with Crippen LogP contribution in [0.5, 0.6) is 0 Å². The van der Waals surface area contributed by atoms with Crippen LogP contribution in [0.4, 0.5) is 10.5 Å². The monoisotopic (exact) mass is 676 g/mol. The van der Waals surface area contributed by atoms with Crippen LogP contribution in [0.1, 0.15) is 37.7 Å². The number of ether oxygens (including phenoxy) is 3. The predicted octanol–water partition coefficient (Wildman–Crippen LogP) is 2.44. The number of carbonyl (C=O) groups is 2. The molecule has 2 saturated heterocycles. The van der Waals surface area contributed by atoms with Crippen molar-refractivity contribution in [3.05, 3.63) is 60.2 Å². The Morgan fingerprint density at radius 2 is 1.83 bits per heavy atom. The van der Waals surface area contributed by atoms with Crippen molar-refractivity contribution in [2.24, 2.45) is 5.92 Å². The Labute approximate surface area is 275 Å². The number of aliphatic hydroxyl groups excluding tert-OH is 1. The first-order valence-electron chi connectivity index (χ1n) is 15.9. The van der Waals surface area contributed by atoms with Crippen molar-refractivity contribution in [3.63, 3.8) is 0 Å². The van der Waals surface area contributed by atoms with Crippen LogP contribution in [0.3, 0.4) is 0 Å². The molecule has 47 heavy (non-hydrogen) atoms. The highest BCUT2D eigenvalue weighted by atomic mass is 32.2. The highest BCUT2D eigenvalue weighted by Gasteiger charge is 2.44. The van der Waals surface area contributed by atoms with E-state index in [2.05, 4.69) is 10.6 Å². The summed E-state index contributed by atoms with van der Waals surface area (Å²) in [4.78, 5) is 36.2. The molecule has 2 aromatic carbocycles. The van der Waals surface area contributed by atoms with Crippen molar-refractivity contribution >= 4 is 27.7 Å². The van der Waals surface area contributed by atoms with E-state index in [0.717, 1.165) is 27.9 Å². The molecule has 2 amide bonds. The maximum absolute atomic E-state index is 14.1. The van der Waals surface area contributed by atoms with Gasteiger partial charge in [-0.3, -0.25) is 14.5 Å². The molecule has 0 aromatic heterocycles. The summed E-state index contributed by atoms with van der Waals surface area (Å²) in [5.41, 5.74) is 1.21. The van der Waals surface area contributed by atoms with E-state index < -0.39 is 47.2 Å². The number of nitrogens with zero attached hydrogens (tertiary/aromatic N) is 2. The number of nitrogens with one attached hydrogen (secondary N) is 2. The number of alkyl carbamates (subject to hydrolysis) is 1. The number of hydrogen-bond donors (Lipinski definition) is 3. The Morgan fingerprint density at radius 1 is 1.06 bits per heavy atom. The third kappa shape index (κ3) is 9.19. The van der Waals surface area contributed by atoms with Gasteiger partial charge in [-0.2, -0.15) is 0 Å². The number of carbonyl (C=O) groups excluding carboxylic acids is 2. The van der Waals surface area contributed by atoms with Gasteiger partial charge in [-0.1, -0.05) is 53.7 Å². The van der Waals surface area contributed by atoms with E-state index in [0.29, 0.717) is 31.6 Å². The zero-order valence-electron chi connectivity index (χ0n) is 26.7. The lowest BCUT2D eigenvalue weighted by atomic mass is 10.0. The molecule has 0 spiro atoms. The van der Waals surface area contributed by atoms with Crippen LogP contribution in [0.15, 0.2) is 59.5 Å². The first-order valence-corrected chi connectivity index (χ1v) is 17.3. The SMILES string of the molecule is CON(C)C(=O)CNc1cccc(S(=O)(=O)N(C[C@@H](O)[C@H](Cc2ccccc2)NC(=O)O[C@@H]2CO[C@@H]3OCC[C@@H]32)OC2CCCC2)c1. The fourth-order valence-electron chi connectivity index (χ4n) is 5.93. The van der Waals surface area contributed by atoms with Crippen LogP contribution in [-0.2, 0) is 45.1 Å². The minimum Gasteiger partial charge on any atom is -0.443 e. The van der Waals surface area contributed by atoms with Crippen molar-refractivity contribution in [2.45, 2.75) is 74.1 Å². The number of aliphatic hydroxyl groups is 1. The van der Waals surface area contributed by atoms with E-state index >= 15 is 0 Å². The fourth-order valence-corrected chi connectivity index (χ4v) is 7.28. The molecule has 5 atom stereocenters. The van der Waals surface area contributed by atoms with Gasteiger partial charge in [0, 0.05) is 12.7 Å². The van der Waals surface area contributed by atoms with Crippen LogP contribution in [0.2, 0.25) is 0 Å². The molecule has 0 bridgehead atoms. The number of sulfonamides is 1. The van der Waals surface area contributed by atoms with Gasteiger partial charge in [0.2, 0.25) is 0 Å². The second-order valence-electron chi connectivity index (χ2n) is 11.9. The van der Waals surface area contributed by atoms with Crippen molar-refractivity contribution in [1.82, 2.24) is 14.8 Å². The molecule has 2 heterocycles. The molecule has 0 radical (unpaired) electrons. The number of fused-ring (bicyclic) bond motifs is 1. The molecule has 3 fully saturated rings. The highest BCUT2D eigenvalue weighted by molar-refractivity contribution is 7.89. The Morgan fingerprint density at radius 3 is 2.57 bits per heavy atom. The lowest BCUT2D eigenvalue weighted by Crippen LogP contribution is -2.51. The molecular weight excluding hydrogens is 632 g/mol. The van der Waals surface area contributed by atoms with E-state index in [-0.39, 0.29) is 42.4 Å². The molecule has 1 aliphatic carbocycles. The van der Waals surface area contributed by atoms with Crippen LogP contribution >= 0.6 is 0 Å². The standard InChI is InChI=1S/C32H44N4O10S/c1-35(42-2)30(38)19-33-23-11-8-14-25(18-23)47(40,41)36(46-24-12-6-7-13-24)20-28(37)27(17-22-9-4-3-5-10-22)34-32(39)45-29-21-44-31-26(29)15-16-43-31/h3-5,8-11,14,18,24,26-29,31,33,37H,6-7,12-13,15-17,19-21H2,1-2H3,(H,34,39)/t26-,27+,28-,29-,31+/m1/s1. The Kier molecular flexibility index (Phi) is 12.1. The number of hydrogen-bond acceptors (Lipinski definition) is 11. The Balaban J connectivity index is 1.33. The van der Waals surface area contributed by atoms with Crippen molar-refractivity contribution in [1.29, 1.82) is 0 Å². The minimum atomic E-state index is -4.31. The van der Waals surface area contributed by atoms with Crippen molar-refractivity contribution in [2.75, 3.05) is 45.8 Å². The largest absolute Gasteiger partial charge is 0.443 e. The quantitative estimate of drug-likeness (QED) is 0.237. The predicted molar refractivity (Wildman–Crippen MR) is 169 cm³/mol. The van der Waals surface area contributed by atoms with Crippen LogP contribution in [0.25, 0.3) is 0 Å². The summed E-state index contributed by atoms with van der Waals surface area (Å²) in [5, 5.41) is 18.3. The molecule has 2 aliphatic heterocycles. The summed E-state index contributed by atoms with van der Waals surface area (Å²) in [6, 6.07) is 14.3. The molecule has 1 saturated carbocycles. The molecule has 14 nitrogen and oxygen atoms in total. The molecule has 5 rings (SSSR count). The Hall–Kier alpha value is -3.31. The number of hydroxylamine groups is 3. The third-order valence-electron chi connectivity index (χ3n) is 8.68. The summed E-state index contributed by atoms with van der Waals surface area (Å²) in [5.74, 6) is -0.426. The topological polar surface area (TPSA) is 165 Å². The van der Waals surface area contributed by atoms with Crippen LogP contribution < -0.4 is 10.6 Å². The lowest BCUT2D eigenvalue weighted by molar-refractivity contribution is -0.166. The summed E-state index contributed by atoms with van der Waals surface area (Å²) in [6.07, 6.45) is 0.674. The van der Waals surface area contributed by atoms with Crippen LogP contribution in [0, 0.1) is 5.92 Å². The van der Waals surface area contributed by atoms with Crippen molar-refractivity contribution < 1.29 is 47.0 Å². The third-order valence-corrected chi connectivity index (χ3v) is 10.3. The van der Waals surface area contributed by atoms with E-state index in [1.54, 1.807) is 12.1 Å². The molecular formula is C32H44N4O10S. The highest BCUT2D eigenvalue weighted by Crippen LogP contribution is 2.33. The number of anilines is 1. The summed E-state index contributed by atoms with van der Waals surface area (Å²) in [6.45, 7) is 0.149. The van der Waals surface area contributed by atoms with E-state index in [9.17, 15) is 23.1 Å². The van der Waals surface area contributed by atoms with Gasteiger partial charge < -0.3 is 30.0 Å². The molecule has 3 N–H and O–H groups in total. The Bertz CT molecular complexity index is 1440. The van der Waals surface area contributed by atoms with Gasteiger partial charge in [0.15, 0.2) is 6.29 Å². The first kappa shape index (κ1) is 35.0. The van der Waals surface area contributed by atoms with Gasteiger partial charge in [0.1, 0.15) is 6.10 Å². The molecule has 2 aromatic rings. The summed E-state index contributed by atoms with van der Waals surface area (Å²) < 4.78 is 45.8. The van der Waals surface area contributed by atoms with Gasteiger partial charge >= 0.3 is 6.09 Å². The zero-order chi connectivity index (χ0) is 33.4. The number of rotatable bonds is 15. The van der Waals surface area contributed by atoms with E-state index in [1.165, 1.54) is 26.3 Å². The minimum absolute atomic E-state index is 0.0667. The number of likely N-dealkylation sites (N-methyl/N-ethyl adjacent to an activating group) is 1. The molecule has 3 aliphatic rings. The molecule has 15 heteroatoms. The smallest absolute Gasteiger partial charge is 0.407 e. The van der Waals surface area contributed by atoms with Crippen molar-refractivity contribution in [3.8, 4) is 0 Å². The second-order valence-corrected chi connectivity index (χ2v) is 13.8. The maximum Gasteiger partial charge on any atom is 0.407 e. The van der Waals surface area contributed by atoms with Gasteiger partial charge in [-0.05, 0) is 49.4 Å². The van der Waals surface area contributed by atoms with Crippen LogP contribution in [-0.4, -0.2) is 106 Å². The van der Waals surface area contributed by atoms with Gasteiger partial charge in [-0.15, -0.1) is 0 Å². The van der Waals surface area contributed by atoms with Gasteiger partial charge in [0.05, 0.1) is 62.5 Å². The lowest BCUT2D eigenvalue weighted by Gasteiger charge is -2.31. The molecule has 0 unspecified atom stereocenters. The zero-order valence-corrected chi connectivity index (χ0v) is 27.5. The fraction of sp³-hybridized carbons (Fsp3) is 0.562. The summed E-state index contributed by atoms with van der Waals surface area (Å²) >= 11 is 0. The van der Waals surface area contributed by atoms with E-state index in [1.807, 2.05) is 30.3 Å². The maximum atomic E-state index is 14.1. The summed E-state index contributed by atoms with van der Waals surface area (Å²) in [7, 11) is -1.48.